The van der Waals surface area contributed by atoms with E-state index in [-0.39, 0.29) is 5.69 Å². The van der Waals surface area contributed by atoms with Gasteiger partial charge in [0.2, 0.25) is 5.11 Å². The average molecular weight is 318 g/mol. The Balaban J connectivity index is 2.07. The van der Waals surface area contributed by atoms with Gasteiger partial charge in [-0.05, 0) is 24.4 Å². The van der Waals surface area contributed by atoms with E-state index in [9.17, 15) is 9.90 Å². The van der Waals surface area contributed by atoms with Crippen LogP contribution in [0.15, 0.2) is 30.3 Å². The summed E-state index contributed by atoms with van der Waals surface area (Å²) in [5.74, 6) is 2.53. The van der Waals surface area contributed by atoms with Crippen LogP contribution in [0.3, 0.4) is 0 Å². The predicted molar refractivity (Wildman–Crippen MR) is 83.3 cm³/mol. The Hall–Kier alpha value is -2.45. The lowest BCUT2D eigenvalue weighted by Gasteiger charge is -2.28. The van der Waals surface area contributed by atoms with Gasteiger partial charge in [-0.2, -0.15) is 5.10 Å². The van der Waals surface area contributed by atoms with Gasteiger partial charge >= 0.3 is 5.97 Å². The van der Waals surface area contributed by atoms with Crippen LogP contribution >= 0.6 is 12.2 Å². The third-order valence-electron chi connectivity index (χ3n) is 3.70. The van der Waals surface area contributed by atoms with E-state index in [0.29, 0.717) is 30.2 Å². The summed E-state index contributed by atoms with van der Waals surface area (Å²) in [6, 6.07) is 9.54. The first-order chi connectivity index (χ1) is 10.6. The molecule has 1 aliphatic heterocycles. The number of fused-ring (bicyclic) bond motifs is 1. The standard InChI is InChI=1S/C14H15N5O2S/c15-16-14(22)18-7-6-11-10(8-18)12(13(20)21)17-19(11)9-4-2-1-3-5-9/h1-5H,6-8,15H2,(H,16,22)(H,20,21)/p+1. The Morgan fingerprint density at radius 1 is 1.36 bits per heavy atom. The van der Waals surface area contributed by atoms with E-state index in [4.69, 9.17) is 12.2 Å². The normalized spacial score (nSPS) is 13.6. The Morgan fingerprint density at radius 3 is 2.73 bits per heavy atom. The van der Waals surface area contributed by atoms with Gasteiger partial charge in [-0.25, -0.2) is 14.9 Å². The zero-order valence-corrected chi connectivity index (χ0v) is 12.6. The third-order valence-corrected chi connectivity index (χ3v) is 4.10. The van der Waals surface area contributed by atoms with E-state index < -0.39 is 5.97 Å². The lowest BCUT2D eigenvalue weighted by molar-refractivity contribution is -0.420. The van der Waals surface area contributed by atoms with Crippen molar-refractivity contribution in [3.8, 4) is 5.69 Å². The van der Waals surface area contributed by atoms with E-state index in [1.165, 1.54) is 0 Å². The van der Waals surface area contributed by atoms with Crippen LogP contribution in [0.1, 0.15) is 21.7 Å². The topological polar surface area (TPSA) is 98.0 Å². The molecule has 5 N–H and O–H groups in total. The maximum absolute atomic E-state index is 11.5. The van der Waals surface area contributed by atoms with Crippen molar-refractivity contribution in [1.29, 1.82) is 0 Å². The number of thiocarbonyl (C=S) groups is 1. The number of carboxylic acid groups (broad SMARTS) is 1. The summed E-state index contributed by atoms with van der Waals surface area (Å²) < 4.78 is 1.72. The first-order valence-electron chi connectivity index (χ1n) is 6.83. The summed E-state index contributed by atoms with van der Waals surface area (Å²) >= 11 is 5.19. The maximum atomic E-state index is 11.5. The van der Waals surface area contributed by atoms with Crippen molar-refractivity contribution in [2.24, 2.45) is 0 Å². The van der Waals surface area contributed by atoms with E-state index in [1.54, 1.807) is 4.68 Å². The SMILES string of the molecule is [NH3+]NC(=S)N1CCc2c(c(C(=O)O)nn2-c2ccccc2)C1. The molecule has 114 valence electrons. The number of benzene rings is 1. The van der Waals surface area contributed by atoms with Crippen LogP contribution in [0.5, 0.6) is 0 Å². The molecule has 2 aromatic rings. The molecule has 1 aromatic heterocycles. The molecule has 0 amide bonds. The molecule has 8 heteroatoms. The maximum Gasteiger partial charge on any atom is 0.356 e. The lowest BCUT2D eigenvalue weighted by atomic mass is 10.1. The summed E-state index contributed by atoms with van der Waals surface area (Å²) in [5.41, 5.74) is 5.25. The van der Waals surface area contributed by atoms with Gasteiger partial charge < -0.3 is 10.0 Å². The molecule has 0 fully saturated rings. The predicted octanol–water partition coefficient (Wildman–Crippen LogP) is -0.0400. The molecular weight excluding hydrogens is 302 g/mol. The summed E-state index contributed by atoms with van der Waals surface area (Å²) in [4.78, 5) is 13.4. The minimum atomic E-state index is -1.03. The summed E-state index contributed by atoms with van der Waals surface area (Å²) in [5, 5.41) is 14.2. The van der Waals surface area contributed by atoms with E-state index >= 15 is 0 Å². The second kappa shape index (κ2) is 5.74. The number of hydrogen-bond donors (Lipinski definition) is 3. The molecule has 2 heterocycles. The quantitative estimate of drug-likeness (QED) is 0.531. The highest BCUT2D eigenvalue weighted by atomic mass is 32.1. The molecule has 1 aliphatic rings. The number of para-hydroxylation sites is 1. The van der Waals surface area contributed by atoms with Gasteiger partial charge in [-0.15, -0.1) is 0 Å². The Labute approximate surface area is 132 Å². The monoisotopic (exact) mass is 318 g/mol. The second-order valence-electron chi connectivity index (χ2n) is 4.98. The van der Waals surface area contributed by atoms with Crippen LogP contribution in [0.25, 0.3) is 5.69 Å². The van der Waals surface area contributed by atoms with Gasteiger partial charge in [0.25, 0.3) is 0 Å². The van der Waals surface area contributed by atoms with Crippen LogP contribution in [-0.2, 0) is 13.0 Å². The smallest absolute Gasteiger partial charge is 0.356 e. The Bertz CT molecular complexity index is 728. The largest absolute Gasteiger partial charge is 0.476 e. The van der Waals surface area contributed by atoms with Crippen molar-refractivity contribution >= 4 is 23.3 Å². The van der Waals surface area contributed by atoms with Crippen molar-refractivity contribution in [2.45, 2.75) is 13.0 Å². The average Bonchev–Trinajstić information content (AvgIpc) is 2.94. The fourth-order valence-electron chi connectivity index (χ4n) is 2.66. The first-order valence-corrected chi connectivity index (χ1v) is 7.24. The number of carbonyl (C=O) groups is 1. The molecule has 0 bridgehead atoms. The molecule has 0 saturated carbocycles. The third kappa shape index (κ3) is 2.42. The fourth-order valence-corrected chi connectivity index (χ4v) is 2.81. The van der Waals surface area contributed by atoms with E-state index in [0.717, 1.165) is 11.4 Å². The number of hydrogen-bond acceptors (Lipinski definition) is 3. The number of aromatic nitrogens is 2. The molecule has 1 aromatic carbocycles. The number of quaternary nitrogens is 1. The highest BCUT2D eigenvalue weighted by Crippen LogP contribution is 2.25. The van der Waals surface area contributed by atoms with Gasteiger partial charge in [0.1, 0.15) is 0 Å². The Morgan fingerprint density at radius 2 is 2.09 bits per heavy atom. The lowest BCUT2D eigenvalue weighted by Crippen LogP contribution is -2.69. The van der Waals surface area contributed by atoms with Crippen LogP contribution in [0.4, 0.5) is 0 Å². The van der Waals surface area contributed by atoms with E-state index in [1.807, 2.05) is 35.2 Å². The number of nitrogens with one attached hydrogen (secondary N) is 1. The minimum absolute atomic E-state index is 0.0791. The van der Waals surface area contributed by atoms with Gasteiger partial charge in [-0.1, -0.05) is 18.2 Å². The number of carboxylic acids is 1. The molecular formula is C14H16N5O2S+. The second-order valence-corrected chi connectivity index (χ2v) is 5.37. The molecule has 0 atom stereocenters. The van der Waals surface area contributed by atoms with E-state index in [2.05, 4.69) is 16.4 Å². The van der Waals surface area contributed by atoms with Crippen LogP contribution in [-0.4, -0.2) is 37.4 Å². The van der Waals surface area contributed by atoms with Crippen molar-refractivity contribution in [1.82, 2.24) is 20.1 Å². The zero-order chi connectivity index (χ0) is 15.7. The highest BCUT2D eigenvalue weighted by Gasteiger charge is 2.29. The summed E-state index contributed by atoms with van der Waals surface area (Å²) in [6.07, 6.45) is 0.673. The Kier molecular flexibility index (Phi) is 3.78. The molecule has 7 nitrogen and oxygen atoms in total. The fraction of sp³-hybridized carbons (Fsp3) is 0.214. The van der Waals surface area contributed by atoms with Gasteiger partial charge in [0.05, 0.1) is 11.4 Å². The molecule has 22 heavy (non-hydrogen) atoms. The number of aromatic carboxylic acids is 1. The summed E-state index contributed by atoms with van der Waals surface area (Å²) in [7, 11) is 0. The van der Waals surface area contributed by atoms with Crippen LogP contribution < -0.4 is 11.3 Å². The highest BCUT2D eigenvalue weighted by molar-refractivity contribution is 7.80. The molecule has 0 spiro atoms. The van der Waals surface area contributed by atoms with Gasteiger partial charge in [0.15, 0.2) is 5.69 Å². The van der Waals surface area contributed by atoms with Crippen molar-refractivity contribution < 1.29 is 15.7 Å². The molecule has 0 saturated heterocycles. The van der Waals surface area contributed by atoms with Gasteiger partial charge in [-0.3, -0.25) is 5.84 Å². The molecule has 0 radical (unpaired) electrons. The van der Waals surface area contributed by atoms with Crippen molar-refractivity contribution in [3.05, 3.63) is 47.3 Å². The minimum Gasteiger partial charge on any atom is -0.476 e. The first kappa shape index (κ1) is 14.5. The zero-order valence-electron chi connectivity index (χ0n) is 11.8. The van der Waals surface area contributed by atoms with Crippen LogP contribution in [0, 0.1) is 0 Å². The number of rotatable bonds is 2. The summed E-state index contributed by atoms with van der Waals surface area (Å²) in [6.45, 7) is 1.12. The molecule has 0 aliphatic carbocycles. The van der Waals surface area contributed by atoms with Crippen molar-refractivity contribution in [2.75, 3.05) is 6.54 Å². The molecule has 3 rings (SSSR count). The molecule has 0 unspecified atom stereocenters. The number of nitrogens with zero attached hydrogens (tertiary/aromatic N) is 3. The van der Waals surface area contributed by atoms with Gasteiger partial charge in [0, 0.05) is 25.1 Å². The van der Waals surface area contributed by atoms with Crippen LogP contribution in [0.2, 0.25) is 0 Å². The van der Waals surface area contributed by atoms with Crippen molar-refractivity contribution in [3.63, 3.8) is 0 Å².